The molecule has 23 heavy (non-hydrogen) atoms. The van der Waals surface area contributed by atoms with Crippen molar-refractivity contribution >= 4 is 39.7 Å². The van der Waals surface area contributed by atoms with Gasteiger partial charge in [0, 0.05) is 34.3 Å². The number of amides is 1. The molecule has 0 aliphatic carbocycles. The summed E-state index contributed by atoms with van der Waals surface area (Å²) < 4.78 is 0. The summed E-state index contributed by atoms with van der Waals surface area (Å²) in [5.41, 5.74) is 2.39. The van der Waals surface area contributed by atoms with Gasteiger partial charge in [0.05, 0.1) is 17.2 Å². The molecule has 0 bridgehead atoms. The number of nitrogens with zero attached hydrogens (tertiary/aromatic N) is 2. The van der Waals surface area contributed by atoms with E-state index in [9.17, 15) is 4.79 Å². The quantitative estimate of drug-likeness (QED) is 0.745. The minimum atomic E-state index is -0.0589. The van der Waals surface area contributed by atoms with Gasteiger partial charge < -0.3 is 9.88 Å². The molecule has 0 aliphatic heterocycles. The van der Waals surface area contributed by atoms with Crippen LogP contribution in [-0.2, 0) is 6.54 Å². The number of carbonyl (C=O) groups excluding carboxylic acids is 1. The average molecular weight is 348 g/mol. The van der Waals surface area contributed by atoms with Gasteiger partial charge in [-0.3, -0.25) is 4.79 Å². The number of hydrogen-bond acceptors (Lipinski definition) is 3. The number of carbonyl (C=O) groups is 1. The highest BCUT2D eigenvalue weighted by Gasteiger charge is 2.16. The Labute approximate surface area is 144 Å². The molecule has 1 N–H and O–H groups in total. The molecule has 0 atom stereocenters. The number of H-pyrrole nitrogens is 1. The van der Waals surface area contributed by atoms with Crippen molar-refractivity contribution in [3.8, 4) is 0 Å². The lowest BCUT2D eigenvalue weighted by Gasteiger charge is -2.14. The van der Waals surface area contributed by atoms with Gasteiger partial charge in [0.25, 0.3) is 5.91 Å². The van der Waals surface area contributed by atoms with Crippen molar-refractivity contribution in [3.63, 3.8) is 0 Å². The molecule has 1 amide bonds. The van der Waals surface area contributed by atoms with Crippen molar-refractivity contribution in [1.82, 2.24) is 14.9 Å². The van der Waals surface area contributed by atoms with Gasteiger partial charge in [-0.25, -0.2) is 4.98 Å². The third-order valence-corrected chi connectivity index (χ3v) is 5.05. The predicted octanol–water partition coefficient (Wildman–Crippen LogP) is 4.67. The van der Waals surface area contributed by atoms with E-state index in [2.05, 4.69) is 23.8 Å². The second kappa shape index (κ2) is 6.34. The average Bonchev–Trinajstić information content (AvgIpc) is 3.12. The van der Waals surface area contributed by atoms with Crippen molar-refractivity contribution in [2.45, 2.75) is 26.3 Å². The van der Waals surface area contributed by atoms with Crippen molar-refractivity contribution in [2.75, 3.05) is 7.05 Å². The van der Waals surface area contributed by atoms with Gasteiger partial charge in [-0.1, -0.05) is 25.4 Å². The smallest absolute Gasteiger partial charge is 0.270 e. The van der Waals surface area contributed by atoms with Gasteiger partial charge in [0.1, 0.15) is 5.69 Å². The summed E-state index contributed by atoms with van der Waals surface area (Å²) in [4.78, 5) is 22.0. The van der Waals surface area contributed by atoms with Crippen LogP contribution in [-0.4, -0.2) is 27.8 Å². The molecule has 3 rings (SSSR count). The minimum absolute atomic E-state index is 0.0589. The summed E-state index contributed by atoms with van der Waals surface area (Å²) in [6.45, 7) is 4.73. The van der Waals surface area contributed by atoms with Gasteiger partial charge in [-0.15, -0.1) is 11.3 Å². The summed E-state index contributed by atoms with van der Waals surface area (Å²) in [5, 5.41) is 4.71. The number of benzene rings is 1. The summed E-state index contributed by atoms with van der Waals surface area (Å²) in [6.07, 6.45) is 0. The maximum atomic E-state index is 12.6. The van der Waals surface area contributed by atoms with Crippen molar-refractivity contribution in [3.05, 3.63) is 51.1 Å². The third kappa shape index (κ3) is 3.41. The summed E-state index contributed by atoms with van der Waals surface area (Å²) in [6, 6.07) is 7.37. The van der Waals surface area contributed by atoms with E-state index in [1.54, 1.807) is 29.4 Å². The van der Waals surface area contributed by atoms with Crippen LogP contribution in [0, 0.1) is 0 Å². The highest BCUT2D eigenvalue weighted by molar-refractivity contribution is 7.09. The number of rotatable bonds is 4. The van der Waals surface area contributed by atoms with Gasteiger partial charge in [0.2, 0.25) is 0 Å². The topological polar surface area (TPSA) is 49.0 Å². The SMILES string of the molecule is CC(C)c1nc(CN(C)C(=O)c2cc3cc(Cl)ccc3[nH]2)cs1. The normalized spacial score (nSPS) is 11.3. The summed E-state index contributed by atoms with van der Waals surface area (Å²) >= 11 is 7.63. The van der Waals surface area contributed by atoms with Crippen LogP contribution < -0.4 is 0 Å². The number of nitrogens with one attached hydrogen (secondary N) is 1. The first-order valence-corrected chi connectivity index (χ1v) is 8.68. The molecule has 0 fully saturated rings. The molecule has 3 aromatic rings. The summed E-state index contributed by atoms with van der Waals surface area (Å²) in [7, 11) is 1.79. The zero-order valence-corrected chi connectivity index (χ0v) is 14.8. The fourth-order valence-corrected chi connectivity index (χ4v) is 3.41. The van der Waals surface area contributed by atoms with Gasteiger partial charge in [-0.05, 0) is 24.3 Å². The van der Waals surface area contributed by atoms with Gasteiger partial charge >= 0.3 is 0 Å². The van der Waals surface area contributed by atoms with E-state index in [1.807, 2.05) is 23.6 Å². The van der Waals surface area contributed by atoms with E-state index in [0.29, 0.717) is 23.2 Å². The molecule has 0 spiro atoms. The van der Waals surface area contributed by atoms with Crippen LogP contribution in [0.15, 0.2) is 29.6 Å². The molecule has 0 aliphatic rings. The molecule has 4 nitrogen and oxygen atoms in total. The lowest BCUT2D eigenvalue weighted by Crippen LogP contribution is -2.26. The monoisotopic (exact) mass is 347 g/mol. The fourth-order valence-electron chi connectivity index (χ4n) is 2.40. The van der Waals surface area contributed by atoms with Crippen LogP contribution in [0.2, 0.25) is 5.02 Å². The molecule has 0 saturated carbocycles. The molecule has 0 radical (unpaired) electrons. The molecule has 2 heterocycles. The number of aromatic nitrogens is 2. The van der Waals surface area contributed by atoms with Crippen LogP contribution >= 0.6 is 22.9 Å². The largest absolute Gasteiger partial charge is 0.351 e. The standard InChI is InChI=1S/C17H18ClN3OS/c1-10(2)16-19-13(9-23-16)8-21(3)17(22)15-7-11-6-12(18)4-5-14(11)20-15/h4-7,9-10,20H,8H2,1-3H3. The number of aromatic amines is 1. The van der Waals surface area contributed by atoms with E-state index in [-0.39, 0.29) is 5.91 Å². The number of halogens is 1. The molecule has 0 unspecified atom stereocenters. The Morgan fingerprint density at radius 2 is 2.17 bits per heavy atom. The Hall–Kier alpha value is -1.85. The Kier molecular flexibility index (Phi) is 4.41. The zero-order chi connectivity index (χ0) is 16.6. The molecule has 120 valence electrons. The van der Waals surface area contributed by atoms with E-state index in [4.69, 9.17) is 11.6 Å². The van der Waals surface area contributed by atoms with E-state index >= 15 is 0 Å². The Morgan fingerprint density at radius 3 is 2.87 bits per heavy atom. The minimum Gasteiger partial charge on any atom is -0.351 e. The van der Waals surface area contributed by atoms with Crippen LogP contribution in [0.4, 0.5) is 0 Å². The zero-order valence-electron chi connectivity index (χ0n) is 13.3. The molecule has 6 heteroatoms. The van der Waals surface area contributed by atoms with E-state index in [1.165, 1.54) is 0 Å². The molecular formula is C17H18ClN3OS. The first-order chi connectivity index (χ1) is 10.9. The number of fused-ring (bicyclic) bond motifs is 1. The molecule has 0 saturated heterocycles. The number of hydrogen-bond donors (Lipinski definition) is 1. The highest BCUT2D eigenvalue weighted by atomic mass is 35.5. The Bertz CT molecular complexity index is 853. The van der Waals surface area contributed by atoms with E-state index in [0.717, 1.165) is 21.6 Å². The lowest BCUT2D eigenvalue weighted by atomic mass is 10.2. The van der Waals surface area contributed by atoms with Crippen LogP contribution in [0.1, 0.15) is 41.0 Å². The molecule has 2 aromatic heterocycles. The highest BCUT2D eigenvalue weighted by Crippen LogP contribution is 2.22. The van der Waals surface area contributed by atoms with Crippen LogP contribution in [0.3, 0.4) is 0 Å². The first-order valence-electron chi connectivity index (χ1n) is 7.42. The first kappa shape index (κ1) is 16.0. The Balaban J connectivity index is 1.77. The van der Waals surface area contributed by atoms with Crippen LogP contribution in [0.25, 0.3) is 10.9 Å². The maximum Gasteiger partial charge on any atom is 0.270 e. The van der Waals surface area contributed by atoms with Gasteiger partial charge in [0.15, 0.2) is 0 Å². The van der Waals surface area contributed by atoms with E-state index < -0.39 is 0 Å². The fraction of sp³-hybridized carbons (Fsp3) is 0.294. The molecule has 1 aromatic carbocycles. The maximum absolute atomic E-state index is 12.6. The Morgan fingerprint density at radius 1 is 1.39 bits per heavy atom. The van der Waals surface area contributed by atoms with Crippen molar-refractivity contribution in [1.29, 1.82) is 0 Å². The van der Waals surface area contributed by atoms with Crippen LogP contribution in [0.5, 0.6) is 0 Å². The predicted molar refractivity (Wildman–Crippen MR) is 95.3 cm³/mol. The second-order valence-electron chi connectivity index (χ2n) is 5.91. The number of thiazole rings is 1. The third-order valence-electron chi connectivity index (χ3n) is 3.62. The van der Waals surface area contributed by atoms with Crippen molar-refractivity contribution in [2.24, 2.45) is 0 Å². The van der Waals surface area contributed by atoms with Gasteiger partial charge in [-0.2, -0.15) is 0 Å². The second-order valence-corrected chi connectivity index (χ2v) is 7.23. The molecular weight excluding hydrogens is 330 g/mol. The van der Waals surface area contributed by atoms with Crippen molar-refractivity contribution < 1.29 is 4.79 Å². The summed E-state index contributed by atoms with van der Waals surface area (Å²) in [5.74, 6) is 0.352. The lowest BCUT2D eigenvalue weighted by molar-refractivity contribution is 0.0778.